The van der Waals surface area contributed by atoms with Gasteiger partial charge in [-0.05, 0) is 37.8 Å². The molecule has 1 N–H and O–H groups in total. The molecule has 28 heavy (non-hydrogen) atoms. The zero-order valence-corrected chi connectivity index (χ0v) is 16.7. The molecule has 0 aliphatic carbocycles. The number of esters is 1. The number of nitrogens with zero attached hydrogens (tertiary/aromatic N) is 1. The average molecular weight is 392 g/mol. The maximum absolute atomic E-state index is 12.3. The number of hydrogen-bond acceptors (Lipinski definition) is 6. The van der Waals surface area contributed by atoms with Crippen molar-refractivity contribution in [1.82, 2.24) is 10.2 Å². The smallest absolute Gasteiger partial charge is 0.325 e. The number of amides is 2. The van der Waals surface area contributed by atoms with E-state index in [1.165, 1.54) is 26.4 Å². The quantitative estimate of drug-likeness (QED) is 0.678. The molecule has 8 nitrogen and oxygen atoms in total. The molecular weight excluding hydrogens is 364 g/mol. The van der Waals surface area contributed by atoms with E-state index in [1.54, 1.807) is 11.0 Å². The van der Waals surface area contributed by atoms with E-state index in [4.69, 9.17) is 14.2 Å². The van der Waals surface area contributed by atoms with Crippen molar-refractivity contribution in [1.29, 1.82) is 0 Å². The van der Waals surface area contributed by atoms with Gasteiger partial charge in [0.05, 0.1) is 14.2 Å². The summed E-state index contributed by atoms with van der Waals surface area (Å²) in [6.45, 7) is 2.11. The number of likely N-dealkylation sites (tertiary alicyclic amines) is 1. The van der Waals surface area contributed by atoms with Crippen molar-refractivity contribution >= 4 is 17.8 Å². The molecule has 154 valence electrons. The molecule has 2 amide bonds. The fourth-order valence-corrected chi connectivity index (χ4v) is 3.22. The van der Waals surface area contributed by atoms with Crippen LogP contribution < -0.4 is 14.8 Å². The van der Waals surface area contributed by atoms with Gasteiger partial charge >= 0.3 is 5.97 Å². The van der Waals surface area contributed by atoms with Crippen LogP contribution in [0, 0.1) is 0 Å². The number of nitrogens with one attached hydrogen (secondary N) is 1. The maximum Gasteiger partial charge on any atom is 0.325 e. The summed E-state index contributed by atoms with van der Waals surface area (Å²) in [4.78, 5) is 38.2. The van der Waals surface area contributed by atoms with Crippen LogP contribution in [0.4, 0.5) is 0 Å². The third kappa shape index (κ3) is 5.87. The van der Waals surface area contributed by atoms with E-state index in [-0.39, 0.29) is 25.1 Å². The Kier molecular flexibility index (Phi) is 8.10. The molecule has 0 spiro atoms. The Morgan fingerprint density at radius 2 is 1.79 bits per heavy atom. The molecule has 1 aliphatic rings. The normalized spacial score (nSPS) is 16.2. The molecule has 0 bridgehead atoms. The summed E-state index contributed by atoms with van der Waals surface area (Å²) in [6, 6.07) is 4.92. The van der Waals surface area contributed by atoms with Crippen LogP contribution in [0.5, 0.6) is 11.5 Å². The highest BCUT2D eigenvalue weighted by molar-refractivity contribution is 5.96. The Hall–Kier alpha value is -2.77. The lowest BCUT2D eigenvalue weighted by molar-refractivity contribution is -0.152. The molecule has 1 saturated heterocycles. The number of carbonyl (C=O) groups excluding carboxylic acids is 3. The second-order valence-electron chi connectivity index (χ2n) is 6.59. The van der Waals surface area contributed by atoms with E-state index >= 15 is 0 Å². The lowest BCUT2D eigenvalue weighted by Gasteiger charge is -2.35. The molecule has 1 aliphatic heterocycles. The summed E-state index contributed by atoms with van der Waals surface area (Å²) in [6.07, 6.45) is 3.95. The van der Waals surface area contributed by atoms with Gasteiger partial charge in [-0.25, -0.2) is 0 Å². The Morgan fingerprint density at radius 1 is 1.11 bits per heavy atom. The zero-order valence-electron chi connectivity index (χ0n) is 16.7. The number of ether oxygens (including phenoxy) is 3. The highest BCUT2D eigenvalue weighted by atomic mass is 16.5. The molecular formula is C20H28N2O6. The second kappa shape index (κ2) is 10.5. The van der Waals surface area contributed by atoms with Crippen LogP contribution >= 0.6 is 0 Å². The predicted octanol–water partition coefficient (Wildman–Crippen LogP) is 1.77. The van der Waals surface area contributed by atoms with Crippen LogP contribution in [0.25, 0.3) is 0 Å². The molecule has 1 aromatic carbocycles. The lowest BCUT2D eigenvalue weighted by atomic mass is 10.00. The SMILES string of the molecule is CC[C@H]1CCCCN1C(=O)COC(=O)CNC(=O)c1cc(OC)cc(OC)c1. The third-order valence-electron chi connectivity index (χ3n) is 4.78. The molecule has 1 fully saturated rings. The lowest BCUT2D eigenvalue weighted by Crippen LogP contribution is -2.45. The van der Waals surface area contributed by atoms with Crippen molar-refractivity contribution in [2.75, 3.05) is 33.9 Å². The van der Waals surface area contributed by atoms with Crippen LogP contribution in [0.1, 0.15) is 43.0 Å². The minimum atomic E-state index is -0.665. The van der Waals surface area contributed by atoms with Gasteiger partial charge in [0.2, 0.25) is 0 Å². The third-order valence-corrected chi connectivity index (χ3v) is 4.78. The highest BCUT2D eigenvalue weighted by Crippen LogP contribution is 2.22. The number of rotatable bonds is 8. The van der Waals surface area contributed by atoms with Gasteiger partial charge in [-0.1, -0.05) is 6.92 Å². The summed E-state index contributed by atoms with van der Waals surface area (Å²) in [5.41, 5.74) is 0.291. The Labute approximate surface area is 165 Å². The zero-order chi connectivity index (χ0) is 20.5. The second-order valence-corrected chi connectivity index (χ2v) is 6.59. The van der Waals surface area contributed by atoms with E-state index in [1.807, 2.05) is 6.92 Å². The molecule has 2 rings (SSSR count). The summed E-state index contributed by atoms with van der Waals surface area (Å²) in [5.74, 6) is -0.401. The van der Waals surface area contributed by atoms with Gasteiger partial charge in [0.15, 0.2) is 6.61 Å². The van der Waals surface area contributed by atoms with Crippen LogP contribution in [0.3, 0.4) is 0 Å². The highest BCUT2D eigenvalue weighted by Gasteiger charge is 2.25. The van der Waals surface area contributed by atoms with E-state index in [0.717, 1.165) is 25.7 Å². The van der Waals surface area contributed by atoms with Gasteiger partial charge in [0, 0.05) is 24.2 Å². The molecule has 1 heterocycles. The van der Waals surface area contributed by atoms with E-state index < -0.39 is 11.9 Å². The first-order chi connectivity index (χ1) is 13.5. The fourth-order valence-electron chi connectivity index (χ4n) is 3.22. The standard InChI is InChI=1S/C20H28N2O6/c1-4-15-7-5-6-8-22(15)18(23)13-28-19(24)12-21-20(25)14-9-16(26-2)11-17(10-14)27-3/h9-11,15H,4-8,12-13H2,1-3H3,(H,21,25)/t15-/m0/s1. The summed E-state index contributed by atoms with van der Waals surface area (Å²) < 4.78 is 15.3. The van der Waals surface area contributed by atoms with E-state index in [9.17, 15) is 14.4 Å². The monoisotopic (exact) mass is 392 g/mol. The van der Waals surface area contributed by atoms with E-state index in [2.05, 4.69) is 5.32 Å². The summed E-state index contributed by atoms with van der Waals surface area (Å²) >= 11 is 0. The molecule has 1 atom stereocenters. The first kappa shape index (κ1) is 21.5. The number of methoxy groups -OCH3 is 2. The Morgan fingerprint density at radius 3 is 2.39 bits per heavy atom. The van der Waals surface area contributed by atoms with Crippen molar-refractivity contribution in [2.45, 2.75) is 38.6 Å². The molecule has 1 aromatic rings. The molecule has 0 saturated carbocycles. The summed E-state index contributed by atoms with van der Waals surface area (Å²) in [7, 11) is 2.96. The van der Waals surface area contributed by atoms with Crippen molar-refractivity contribution < 1.29 is 28.6 Å². The largest absolute Gasteiger partial charge is 0.497 e. The molecule has 0 unspecified atom stereocenters. The first-order valence-corrected chi connectivity index (χ1v) is 9.44. The number of carbonyl (C=O) groups is 3. The molecule has 0 aromatic heterocycles. The number of benzene rings is 1. The van der Waals surface area contributed by atoms with Crippen LogP contribution in [-0.2, 0) is 14.3 Å². The van der Waals surface area contributed by atoms with Gasteiger partial charge < -0.3 is 24.4 Å². The fraction of sp³-hybridized carbons (Fsp3) is 0.550. The Balaban J connectivity index is 1.82. The maximum atomic E-state index is 12.3. The topological polar surface area (TPSA) is 94.2 Å². The minimum Gasteiger partial charge on any atom is -0.497 e. The van der Waals surface area contributed by atoms with Crippen molar-refractivity contribution in [3.63, 3.8) is 0 Å². The van der Waals surface area contributed by atoms with Gasteiger partial charge in [-0.2, -0.15) is 0 Å². The van der Waals surface area contributed by atoms with Gasteiger partial charge in [-0.15, -0.1) is 0 Å². The molecule has 8 heteroatoms. The Bertz CT molecular complexity index is 684. The van der Waals surface area contributed by atoms with Gasteiger partial charge in [0.25, 0.3) is 11.8 Å². The van der Waals surface area contributed by atoms with Crippen LogP contribution in [-0.4, -0.2) is 62.6 Å². The van der Waals surface area contributed by atoms with Crippen LogP contribution in [0.15, 0.2) is 18.2 Å². The number of piperidine rings is 1. The van der Waals surface area contributed by atoms with Crippen molar-refractivity contribution in [3.8, 4) is 11.5 Å². The van der Waals surface area contributed by atoms with Crippen LogP contribution in [0.2, 0.25) is 0 Å². The van der Waals surface area contributed by atoms with Crippen molar-refractivity contribution in [3.05, 3.63) is 23.8 Å². The van der Waals surface area contributed by atoms with Gasteiger partial charge in [-0.3, -0.25) is 14.4 Å². The average Bonchev–Trinajstić information content (AvgIpc) is 2.75. The minimum absolute atomic E-state index is 0.191. The predicted molar refractivity (Wildman–Crippen MR) is 102 cm³/mol. The number of hydrogen-bond donors (Lipinski definition) is 1. The van der Waals surface area contributed by atoms with E-state index in [0.29, 0.717) is 23.6 Å². The first-order valence-electron chi connectivity index (χ1n) is 9.44. The van der Waals surface area contributed by atoms with Gasteiger partial charge in [0.1, 0.15) is 18.0 Å². The van der Waals surface area contributed by atoms with Crippen molar-refractivity contribution in [2.24, 2.45) is 0 Å². The molecule has 0 radical (unpaired) electrons. The summed E-state index contributed by atoms with van der Waals surface area (Å²) in [5, 5.41) is 2.48.